The number of nitrogens with one attached hydrogen (secondary N) is 3. The van der Waals surface area contributed by atoms with Crippen molar-refractivity contribution in [3.63, 3.8) is 0 Å². The van der Waals surface area contributed by atoms with Crippen molar-refractivity contribution in [2.75, 3.05) is 0 Å². The summed E-state index contributed by atoms with van der Waals surface area (Å²) in [7, 11) is 0. The Balaban J connectivity index is 1.70. The molecule has 30 heavy (non-hydrogen) atoms. The normalized spacial score (nSPS) is 10.7. The number of amides is 2. The van der Waals surface area contributed by atoms with Crippen molar-refractivity contribution in [2.24, 2.45) is 0 Å². The van der Waals surface area contributed by atoms with Gasteiger partial charge in [-0.15, -0.1) is 0 Å². The highest BCUT2D eigenvalue weighted by Gasteiger charge is 2.19. The topological polar surface area (TPSA) is 104 Å². The van der Waals surface area contributed by atoms with Gasteiger partial charge in [0.2, 0.25) is 0 Å². The van der Waals surface area contributed by atoms with Gasteiger partial charge in [0.1, 0.15) is 11.5 Å². The molecule has 0 aliphatic heterocycles. The van der Waals surface area contributed by atoms with E-state index in [2.05, 4.69) is 31.8 Å². The van der Waals surface area contributed by atoms with Crippen LogP contribution in [0.1, 0.15) is 26.4 Å². The van der Waals surface area contributed by atoms with Gasteiger partial charge in [-0.25, -0.2) is 0 Å². The second kappa shape index (κ2) is 8.00. The number of carbonyl (C=O) groups is 2. The van der Waals surface area contributed by atoms with Crippen LogP contribution in [0.4, 0.5) is 0 Å². The van der Waals surface area contributed by atoms with Crippen molar-refractivity contribution in [1.29, 1.82) is 0 Å². The molecule has 2 aromatic carbocycles. The number of benzene rings is 2. The molecule has 3 N–H and O–H groups in total. The summed E-state index contributed by atoms with van der Waals surface area (Å²) in [6, 6.07) is 15.5. The Bertz CT molecular complexity index is 1330. The molecule has 0 unspecified atom stereocenters. The molecule has 0 fully saturated rings. The summed E-state index contributed by atoms with van der Waals surface area (Å²) in [5, 5.41) is 0.291. The van der Waals surface area contributed by atoms with E-state index in [-0.39, 0.29) is 22.3 Å². The van der Waals surface area contributed by atoms with Crippen molar-refractivity contribution in [3.8, 4) is 11.3 Å². The molecule has 8 heteroatoms. The van der Waals surface area contributed by atoms with Crippen molar-refractivity contribution in [1.82, 2.24) is 15.8 Å². The van der Waals surface area contributed by atoms with Gasteiger partial charge in [0, 0.05) is 21.8 Å². The average Bonchev–Trinajstić information content (AvgIpc) is 3.21. The zero-order valence-electron chi connectivity index (χ0n) is 15.8. The van der Waals surface area contributed by atoms with Gasteiger partial charge in [-0.2, -0.15) is 0 Å². The van der Waals surface area contributed by atoms with E-state index in [1.165, 1.54) is 6.07 Å². The third-order valence-corrected chi connectivity index (χ3v) is 5.07. The van der Waals surface area contributed by atoms with Crippen LogP contribution in [-0.2, 0) is 0 Å². The highest BCUT2D eigenvalue weighted by Crippen LogP contribution is 2.27. The highest BCUT2D eigenvalue weighted by atomic mass is 79.9. The van der Waals surface area contributed by atoms with Crippen LogP contribution < -0.4 is 16.3 Å². The van der Waals surface area contributed by atoms with Crippen LogP contribution in [0.25, 0.3) is 22.3 Å². The monoisotopic (exact) mass is 465 g/mol. The van der Waals surface area contributed by atoms with Gasteiger partial charge in [0.15, 0.2) is 11.0 Å². The van der Waals surface area contributed by atoms with Crippen LogP contribution in [-0.4, -0.2) is 16.8 Å². The zero-order valence-corrected chi connectivity index (χ0v) is 17.4. The van der Waals surface area contributed by atoms with E-state index in [4.69, 9.17) is 4.42 Å². The molecule has 150 valence electrons. The van der Waals surface area contributed by atoms with Crippen LogP contribution in [0.3, 0.4) is 0 Å². The van der Waals surface area contributed by atoms with E-state index in [0.717, 1.165) is 5.56 Å². The molecule has 0 bridgehead atoms. The largest absolute Gasteiger partial charge is 0.455 e. The number of H-pyrrole nitrogens is 1. The van der Waals surface area contributed by atoms with E-state index in [1.807, 2.05) is 30.3 Å². The van der Waals surface area contributed by atoms with Gasteiger partial charge in [-0.3, -0.25) is 25.2 Å². The number of carbonyl (C=O) groups excluding carboxylic acids is 2. The molecule has 7 nitrogen and oxygen atoms in total. The lowest BCUT2D eigenvalue weighted by Crippen LogP contribution is -2.41. The van der Waals surface area contributed by atoms with E-state index < -0.39 is 11.8 Å². The lowest BCUT2D eigenvalue weighted by Gasteiger charge is -2.11. The number of halogens is 1. The van der Waals surface area contributed by atoms with Crippen LogP contribution in [0.2, 0.25) is 0 Å². The summed E-state index contributed by atoms with van der Waals surface area (Å²) in [6.07, 6.45) is 1.60. The van der Waals surface area contributed by atoms with Gasteiger partial charge in [-0.1, -0.05) is 36.4 Å². The minimum Gasteiger partial charge on any atom is -0.455 e. The van der Waals surface area contributed by atoms with Gasteiger partial charge >= 0.3 is 0 Å². The molecule has 4 rings (SSSR count). The van der Waals surface area contributed by atoms with E-state index in [0.29, 0.717) is 21.2 Å². The quantitative estimate of drug-likeness (QED) is 0.398. The third-order valence-electron chi connectivity index (χ3n) is 4.61. The summed E-state index contributed by atoms with van der Waals surface area (Å²) < 4.78 is 6.73. The molecule has 4 aromatic rings. The molecule has 0 atom stereocenters. The van der Waals surface area contributed by atoms with Crippen LogP contribution >= 0.6 is 15.9 Å². The summed E-state index contributed by atoms with van der Waals surface area (Å²) in [5.41, 5.74) is 6.22. The Hall–Kier alpha value is -3.65. The van der Waals surface area contributed by atoms with Gasteiger partial charge < -0.3 is 9.40 Å². The summed E-state index contributed by atoms with van der Waals surface area (Å²) in [6.45, 7) is 1.69. The maximum Gasteiger partial charge on any atom is 0.286 e. The fourth-order valence-corrected chi connectivity index (χ4v) is 3.44. The number of hydrogen-bond donors (Lipinski definition) is 3. The van der Waals surface area contributed by atoms with E-state index in [1.54, 1.807) is 31.3 Å². The summed E-state index contributed by atoms with van der Waals surface area (Å²) in [5.74, 6) is -0.726. The third kappa shape index (κ3) is 3.65. The van der Waals surface area contributed by atoms with Crippen molar-refractivity contribution in [3.05, 3.63) is 92.3 Å². The first-order valence-corrected chi connectivity index (χ1v) is 9.81. The summed E-state index contributed by atoms with van der Waals surface area (Å²) in [4.78, 5) is 40.5. The predicted octanol–water partition coefficient (Wildman–Crippen LogP) is 3.93. The molecule has 0 spiro atoms. The molecule has 0 saturated heterocycles. The smallest absolute Gasteiger partial charge is 0.286 e. The molecule has 2 heterocycles. The standard InChI is InChI=1S/C22H16BrN3O4/c1-12-18(27)15-8-5-9-16(20(15)30-19(12)13-6-3-2-4-7-13)21(28)25-26-22(29)17-10-14(23)11-24-17/h2-11,24H,1H3,(H,25,28)(H,26,29). The molecular weight excluding hydrogens is 450 g/mol. The maximum atomic E-state index is 12.9. The van der Waals surface area contributed by atoms with E-state index in [9.17, 15) is 14.4 Å². The first-order valence-electron chi connectivity index (χ1n) is 9.02. The Morgan fingerprint density at radius 2 is 1.73 bits per heavy atom. The number of para-hydroxylation sites is 1. The van der Waals surface area contributed by atoms with Gasteiger partial charge in [0.05, 0.1) is 10.9 Å². The summed E-state index contributed by atoms with van der Waals surface area (Å²) >= 11 is 3.24. The number of hydrazine groups is 1. The average molecular weight is 466 g/mol. The number of fused-ring (bicyclic) bond motifs is 1. The number of aromatic nitrogens is 1. The minimum atomic E-state index is -0.606. The molecular formula is C22H16BrN3O4. The number of rotatable bonds is 3. The van der Waals surface area contributed by atoms with Crippen molar-refractivity contribution < 1.29 is 14.0 Å². The van der Waals surface area contributed by atoms with Crippen molar-refractivity contribution in [2.45, 2.75) is 6.92 Å². The van der Waals surface area contributed by atoms with E-state index >= 15 is 0 Å². The highest BCUT2D eigenvalue weighted by molar-refractivity contribution is 9.10. The second-order valence-electron chi connectivity index (χ2n) is 6.57. The lowest BCUT2D eigenvalue weighted by molar-refractivity contribution is 0.0844. The molecule has 2 aromatic heterocycles. The Morgan fingerprint density at radius 1 is 1.00 bits per heavy atom. The van der Waals surface area contributed by atoms with Crippen LogP contribution in [0.15, 0.2) is 74.5 Å². The lowest BCUT2D eigenvalue weighted by atomic mass is 10.0. The predicted molar refractivity (Wildman–Crippen MR) is 116 cm³/mol. The van der Waals surface area contributed by atoms with Gasteiger partial charge in [-0.05, 0) is 41.1 Å². The Morgan fingerprint density at radius 3 is 2.43 bits per heavy atom. The van der Waals surface area contributed by atoms with Crippen LogP contribution in [0.5, 0.6) is 0 Å². The molecule has 0 aliphatic rings. The molecule has 0 aliphatic carbocycles. The zero-order chi connectivity index (χ0) is 21.3. The first-order chi connectivity index (χ1) is 14.5. The SMILES string of the molecule is Cc1c(-c2ccccc2)oc2c(C(=O)NNC(=O)c3cc(Br)c[nH]3)cccc2c1=O. The fourth-order valence-electron chi connectivity index (χ4n) is 3.10. The Kier molecular flexibility index (Phi) is 5.24. The Labute approximate surface area is 179 Å². The fraction of sp³-hybridized carbons (Fsp3) is 0.0455. The number of aromatic amines is 1. The second-order valence-corrected chi connectivity index (χ2v) is 7.49. The number of hydrogen-bond acceptors (Lipinski definition) is 4. The van der Waals surface area contributed by atoms with Crippen LogP contribution in [0, 0.1) is 6.92 Å². The minimum absolute atomic E-state index is 0.134. The van der Waals surface area contributed by atoms with Crippen molar-refractivity contribution >= 4 is 38.7 Å². The van der Waals surface area contributed by atoms with Gasteiger partial charge in [0.25, 0.3) is 11.8 Å². The first kappa shape index (κ1) is 19.7. The molecule has 0 radical (unpaired) electrons. The maximum absolute atomic E-state index is 12.9. The molecule has 2 amide bonds. The molecule has 0 saturated carbocycles.